The van der Waals surface area contributed by atoms with Gasteiger partial charge in [-0.15, -0.1) is 0 Å². The zero-order valence-corrected chi connectivity index (χ0v) is 16.6. The third-order valence-corrected chi connectivity index (χ3v) is 6.29. The van der Waals surface area contributed by atoms with Crippen LogP contribution in [0, 0.1) is 0 Å². The van der Waals surface area contributed by atoms with E-state index < -0.39 is 18.3 Å². The number of hydrogen-bond donors (Lipinski definition) is 0. The Balaban J connectivity index is 1.84. The molecule has 1 aliphatic heterocycles. The SMILES string of the molecule is CC1(C)OB(c2cc3oc4c(Cl)cccc4c3c3ccccc23)OC1(C)C. The molecule has 1 saturated heterocycles. The van der Waals surface area contributed by atoms with E-state index in [1.807, 2.05) is 36.4 Å². The average Bonchev–Trinajstić information content (AvgIpc) is 3.09. The van der Waals surface area contributed by atoms with Crippen molar-refractivity contribution >= 4 is 56.9 Å². The van der Waals surface area contributed by atoms with Gasteiger partial charge in [0.15, 0.2) is 5.58 Å². The lowest BCUT2D eigenvalue weighted by atomic mass is 9.75. The maximum atomic E-state index is 6.38. The fourth-order valence-electron chi connectivity index (χ4n) is 3.82. The number of rotatable bonds is 1. The molecule has 0 bridgehead atoms. The molecule has 0 atom stereocenters. The molecule has 0 unspecified atom stereocenters. The van der Waals surface area contributed by atoms with Gasteiger partial charge in [-0.3, -0.25) is 0 Å². The normalized spacial score (nSPS) is 18.8. The van der Waals surface area contributed by atoms with Crippen LogP contribution in [0.4, 0.5) is 0 Å². The summed E-state index contributed by atoms with van der Waals surface area (Å²) in [6, 6.07) is 16.2. The third kappa shape index (κ3) is 2.37. The van der Waals surface area contributed by atoms with Crippen molar-refractivity contribution in [3.05, 3.63) is 53.6 Å². The Morgan fingerprint density at radius 3 is 2.15 bits per heavy atom. The highest BCUT2D eigenvalue weighted by molar-refractivity contribution is 6.66. The van der Waals surface area contributed by atoms with Crippen molar-refractivity contribution < 1.29 is 13.7 Å². The van der Waals surface area contributed by atoms with Crippen LogP contribution in [-0.2, 0) is 9.31 Å². The molecule has 1 fully saturated rings. The largest absolute Gasteiger partial charge is 0.495 e. The second kappa shape index (κ2) is 5.51. The van der Waals surface area contributed by atoms with Crippen molar-refractivity contribution in [1.29, 1.82) is 0 Å². The lowest BCUT2D eigenvalue weighted by Crippen LogP contribution is -2.41. The van der Waals surface area contributed by atoms with Crippen LogP contribution in [0.5, 0.6) is 0 Å². The molecule has 1 aliphatic rings. The Hall–Kier alpha value is -2.01. The van der Waals surface area contributed by atoms with Crippen molar-refractivity contribution in [2.75, 3.05) is 0 Å². The van der Waals surface area contributed by atoms with Crippen LogP contribution in [-0.4, -0.2) is 18.3 Å². The molecular formula is C22H20BClO3. The minimum absolute atomic E-state index is 0.398. The highest BCUT2D eigenvalue weighted by atomic mass is 35.5. The lowest BCUT2D eigenvalue weighted by Gasteiger charge is -2.32. The summed E-state index contributed by atoms with van der Waals surface area (Å²) in [5.74, 6) is 0. The van der Waals surface area contributed by atoms with Gasteiger partial charge in [0, 0.05) is 10.8 Å². The van der Waals surface area contributed by atoms with Gasteiger partial charge in [-0.1, -0.05) is 48.0 Å². The molecule has 5 rings (SSSR count). The zero-order valence-electron chi connectivity index (χ0n) is 15.8. The van der Waals surface area contributed by atoms with E-state index in [2.05, 4.69) is 39.8 Å². The fourth-order valence-corrected chi connectivity index (χ4v) is 4.03. The van der Waals surface area contributed by atoms with Crippen LogP contribution in [0.3, 0.4) is 0 Å². The lowest BCUT2D eigenvalue weighted by molar-refractivity contribution is 0.00578. The quantitative estimate of drug-likeness (QED) is 0.399. The molecule has 136 valence electrons. The minimum atomic E-state index is -0.451. The molecule has 2 heterocycles. The van der Waals surface area contributed by atoms with Gasteiger partial charge < -0.3 is 13.7 Å². The summed E-state index contributed by atoms with van der Waals surface area (Å²) in [4.78, 5) is 0. The van der Waals surface area contributed by atoms with Crippen LogP contribution in [0.15, 0.2) is 52.9 Å². The van der Waals surface area contributed by atoms with E-state index in [0.717, 1.165) is 32.6 Å². The molecule has 4 aromatic rings. The van der Waals surface area contributed by atoms with E-state index in [-0.39, 0.29) is 0 Å². The number of furan rings is 1. The van der Waals surface area contributed by atoms with Gasteiger partial charge in [0.05, 0.1) is 16.2 Å². The van der Waals surface area contributed by atoms with Crippen LogP contribution >= 0.6 is 11.6 Å². The summed E-state index contributed by atoms with van der Waals surface area (Å²) in [5, 5.41) is 4.93. The molecule has 27 heavy (non-hydrogen) atoms. The first kappa shape index (κ1) is 17.1. The van der Waals surface area contributed by atoms with E-state index in [4.69, 9.17) is 25.3 Å². The second-order valence-corrected chi connectivity index (χ2v) is 8.60. The van der Waals surface area contributed by atoms with E-state index in [9.17, 15) is 0 Å². The maximum Gasteiger partial charge on any atom is 0.495 e. The molecule has 0 N–H and O–H groups in total. The summed E-state index contributed by atoms with van der Waals surface area (Å²) in [6.07, 6.45) is 0. The maximum absolute atomic E-state index is 6.38. The number of para-hydroxylation sites is 1. The van der Waals surface area contributed by atoms with Crippen molar-refractivity contribution in [3.8, 4) is 0 Å². The van der Waals surface area contributed by atoms with Crippen molar-refractivity contribution in [1.82, 2.24) is 0 Å². The first-order valence-corrected chi connectivity index (χ1v) is 9.54. The molecule has 1 aromatic heterocycles. The van der Waals surface area contributed by atoms with Crippen LogP contribution in [0.1, 0.15) is 27.7 Å². The average molecular weight is 379 g/mol. The Bertz CT molecular complexity index is 1190. The summed E-state index contributed by atoms with van der Waals surface area (Å²) in [5.41, 5.74) is 1.69. The molecule has 0 spiro atoms. The van der Waals surface area contributed by atoms with Crippen molar-refractivity contribution in [2.24, 2.45) is 0 Å². The van der Waals surface area contributed by atoms with Gasteiger partial charge >= 0.3 is 7.12 Å². The summed E-state index contributed by atoms with van der Waals surface area (Å²) >= 11 is 6.38. The summed E-state index contributed by atoms with van der Waals surface area (Å²) in [6.45, 7) is 8.26. The number of fused-ring (bicyclic) bond motifs is 5. The Kier molecular flexibility index (Phi) is 3.49. The topological polar surface area (TPSA) is 31.6 Å². The van der Waals surface area contributed by atoms with Gasteiger partial charge in [0.2, 0.25) is 0 Å². The zero-order chi connectivity index (χ0) is 19.0. The number of halogens is 1. The first-order chi connectivity index (χ1) is 12.8. The molecule has 5 heteroatoms. The van der Waals surface area contributed by atoms with Gasteiger partial charge in [-0.2, -0.15) is 0 Å². The Morgan fingerprint density at radius 2 is 1.44 bits per heavy atom. The highest BCUT2D eigenvalue weighted by Gasteiger charge is 2.52. The predicted octanol–water partition coefficient (Wildman–Crippen LogP) is 5.69. The van der Waals surface area contributed by atoms with Crippen LogP contribution < -0.4 is 5.46 Å². The second-order valence-electron chi connectivity index (χ2n) is 8.19. The van der Waals surface area contributed by atoms with Crippen molar-refractivity contribution in [3.63, 3.8) is 0 Å². The number of benzene rings is 3. The molecule has 0 saturated carbocycles. The van der Waals surface area contributed by atoms with Gasteiger partial charge in [0.1, 0.15) is 5.58 Å². The smallest absolute Gasteiger partial charge is 0.454 e. The summed E-state index contributed by atoms with van der Waals surface area (Å²) < 4.78 is 18.8. The standard InChI is InChI=1S/C22H20BClO3/c1-21(2)22(3,4)27-23(26-21)16-12-18-19(14-9-6-5-8-13(14)16)15-10-7-11-17(24)20(15)25-18/h5-12H,1-4H3. The van der Waals surface area contributed by atoms with Gasteiger partial charge in [-0.05, 0) is 56.1 Å². The molecule has 0 aliphatic carbocycles. The van der Waals surface area contributed by atoms with E-state index in [1.54, 1.807) is 0 Å². The van der Waals surface area contributed by atoms with Crippen LogP contribution in [0.25, 0.3) is 32.7 Å². The van der Waals surface area contributed by atoms with Crippen LogP contribution in [0.2, 0.25) is 5.02 Å². The highest BCUT2D eigenvalue weighted by Crippen LogP contribution is 2.40. The minimum Gasteiger partial charge on any atom is -0.454 e. The third-order valence-electron chi connectivity index (χ3n) is 6.00. The Labute approximate surface area is 163 Å². The summed E-state index contributed by atoms with van der Waals surface area (Å²) in [7, 11) is -0.451. The molecule has 0 amide bonds. The van der Waals surface area contributed by atoms with E-state index in [1.165, 1.54) is 0 Å². The van der Waals surface area contributed by atoms with Crippen molar-refractivity contribution in [2.45, 2.75) is 38.9 Å². The molecule has 3 aromatic carbocycles. The van der Waals surface area contributed by atoms with E-state index >= 15 is 0 Å². The van der Waals surface area contributed by atoms with Gasteiger partial charge in [-0.25, -0.2) is 0 Å². The number of hydrogen-bond acceptors (Lipinski definition) is 3. The monoisotopic (exact) mass is 378 g/mol. The predicted molar refractivity (Wildman–Crippen MR) is 112 cm³/mol. The molecular weight excluding hydrogens is 359 g/mol. The first-order valence-electron chi connectivity index (χ1n) is 9.16. The molecule has 3 nitrogen and oxygen atoms in total. The molecule has 0 radical (unpaired) electrons. The van der Waals surface area contributed by atoms with E-state index in [0.29, 0.717) is 10.6 Å². The Morgan fingerprint density at radius 1 is 0.815 bits per heavy atom. The van der Waals surface area contributed by atoms with Gasteiger partial charge in [0.25, 0.3) is 0 Å². The fraction of sp³-hybridized carbons (Fsp3) is 0.273.